The van der Waals surface area contributed by atoms with Crippen LogP contribution in [0, 0.1) is 0 Å². The quantitative estimate of drug-likeness (QED) is 0.809. The minimum absolute atomic E-state index is 0.268. The standard InChI is InChI=1S/C15H19NOS2/c1-9(2)18-14-7-11-5-6-12(17)8-13(11)16-15(14)19-10(3)4/h5-10,17H,1-4H3. The maximum Gasteiger partial charge on any atom is 0.117 e. The Kier molecular flexibility index (Phi) is 4.63. The molecule has 0 aliphatic carbocycles. The average molecular weight is 293 g/mol. The molecule has 0 radical (unpaired) electrons. The highest BCUT2D eigenvalue weighted by Gasteiger charge is 2.12. The number of fused-ring (bicyclic) bond motifs is 1. The summed E-state index contributed by atoms with van der Waals surface area (Å²) in [5.41, 5.74) is 0.858. The van der Waals surface area contributed by atoms with E-state index in [-0.39, 0.29) is 5.75 Å². The van der Waals surface area contributed by atoms with Gasteiger partial charge in [0.05, 0.1) is 5.52 Å². The van der Waals surface area contributed by atoms with Gasteiger partial charge < -0.3 is 5.11 Å². The van der Waals surface area contributed by atoms with Gasteiger partial charge in [0.2, 0.25) is 0 Å². The molecule has 2 aromatic rings. The fourth-order valence-electron chi connectivity index (χ4n) is 1.76. The van der Waals surface area contributed by atoms with Gasteiger partial charge in [-0.05, 0) is 18.2 Å². The Balaban J connectivity index is 2.52. The van der Waals surface area contributed by atoms with E-state index in [1.165, 1.54) is 4.90 Å². The first-order valence-electron chi connectivity index (χ1n) is 6.43. The summed E-state index contributed by atoms with van der Waals surface area (Å²) in [6.07, 6.45) is 0. The van der Waals surface area contributed by atoms with Crippen LogP contribution in [0.1, 0.15) is 27.7 Å². The van der Waals surface area contributed by atoms with E-state index in [1.807, 2.05) is 17.8 Å². The van der Waals surface area contributed by atoms with Crippen molar-refractivity contribution < 1.29 is 5.11 Å². The SMILES string of the molecule is CC(C)Sc1cc2ccc(O)cc2nc1SC(C)C. The lowest BCUT2D eigenvalue weighted by Gasteiger charge is -2.13. The van der Waals surface area contributed by atoms with Gasteiger partial charge in [-0.1, -0.05) is 27.7 Å². The third-order valence-electron chi connectivity index (χ3n) is 2.44. The molecule has 0 spiro atoms. The van der Waals surface area contributed by atoms with Crippen LogP contribution in [0.15, 0.2) is 34.2 Å². The fraction of sp³-hybridized carbons (Fsp3) is 0.400. The monoisotopic (exact) mass is 293 g/mol. The van der Waals surface area contributed by atoms with E-state index in [2.05, 4.69) is 33.8 Å². The topological polar surface area (TPSA) is 33.1 Å². The van der Waals surface area contributed by atoms with Crippen LogP contribution in [0.3, 0.4) is 0 Å². The van der Waals surface area contributed by atoms with Crippen LogP contribution >= 0.6 is 23.5 Å². The molecule has 0 bridgehead atoms. The molecule has 1 N–H and O–H groups in total. The second-order valence-corrected chi connectivity index (χ2v) is 8.19. The molecule has 0 atom stereocenters. The van der Waals surface area contributed by atoms with Crippen molar-refractivity contribution in [1.29, 1.82) is 0 Å². The summed E-state index contributed by atoms with van der Waals surface area (Å²) in [5, 5.41) is 12.7. The van der Waals surface area contributed by atoms with Gasteiger partial charge in [0.15, 0.2) is 0 Å². The van der Waals surface area contributed by atoms with Gasteiger partial charge in [0, 0.05) is 26.8 Å². The Labute approximate surface area is 123 Å². The van der Waals surface area contributed by atoms with E-state index in [1.54, 1.807) is 23.9 Å². The van der Waals surface area contributed by atoms with E-state index in [4.69, 9.17) is 4.98 Å². The molecule has 0 saturated heterocycles. The first-order chi connectivity index (χ1) is 8.95. The van der Waals surface area contributed by atoms with Crippen LogP contribution < -0.4 is 0 Å². The number of thioether (sulfide) groups is 2. The van der Waals surface area contributed by atoms with Gasteiger partial charge >= 0.3 is 0 Å². The van der Waals surface area contributed by atoms with Crippen molar-refractivity contribution in [3.05, 3.63) is 24.3 Å². The summed E-state index contributed by atoms with van der Waals surface area (Å²) in [6, 6.07) is 7.54. The molecule has 0 aliphatic rings. The Hall–Kier alpha value is -0.870. The second kappa shape index (κ2) is 6.06. The number of rotatable bonds is 4. The Morgan fingerprint density at radius 1 is 1.00 bits per heavy atom. The molecule has 1 heterocycles. The Morgan fingerprint density at radius 3 is 2.32 bits per heavy atom. The normalized spacial score (nSPS) is 11.7. The molecule has 2 rings (SSSR count). The zero-order chi connectivity index (χ0) is 14.0. The average Bonchev–Trinajstić information content (AvgIpc) is 2.28. The number of phenolic OH excluding ortho intramolecular Hbond substituents is 1. The second-order valence-electron chi connectivity index (χ2n) is 5.00. The van der Waals surface area contributed by atoms with Crippen LogP contribution in [0.5, 0.6) is 5.75 Å². The molecule has 0 fully saturated rings. The Morgan fingerprint density at radius 2 is 1.68 bits per heavy atom. The van der Waals surface area contributed by atoms with Gasteiger partial charge in [-0.3, -0.25) is 0 Å². The summed E-state index contributed by atoms with van der Waals surface area (Å²) in [4.78, 5) is 5.94. The Bertz CT molecular complexity index is 582. The number of nitrogens with zero attached hydrogens (tertiary/aromatic N) is 1. The van der Waals surface area contributed by atoms with Crippen molar-refractivity contribution >= 4 is 34.4 Å². The molecule has 4 heteroatoms. The zero-order valence-corrected chi connectivity index (χ0v) is 13.3. The number of hydrogen-bond acceptors (Lipinski definition) is 4. The van der Waals surface area contributed by atoms with Crippen LogP contribution in [-0.4, -0.2) is 20.6 Å². The predicted molar refractivity (Wildman–Crippen MR) is 85.4 cm³/mol. The summed E-state index contributed by atoms with van der Waals surface area (Å²) in [6.45, 7) is 8.72. The van der Waals surface area contributed by atoms with Crippen LogP contribution in [0.25, 0.3) is 10.9 Å². The maximum absolute atomic E-state index is 9.57. The van der Waals surface area contributed by atoms with Crippen LogP contribution in [-0.2, 0) is 0 Å². The molecule has 0 unspecified atom stereocenters. The smallest absolute Gasteiger partial charge is 0.117 e. The van der Waals surface area contributed by atoms with Crippen LogP contribution in [0.4, 0.5) is 0 Å². The highest BCUT2D eigenvalue weighted by molar-refractivity contribution is 8.02. The molecule has 102 valence electrons. The lowest BCUT2D eigenvalue weighted by Crippen LogP contribution is -1.95. The fourth-order valence-corrected chi connectivity index (χ4v) is 3.68. The molecule has 2 nitrogen and oxygen atoms in total. The van der Waals surface area contributed by atoms with E-state index < -0.39 is 0 Å². The van der Waals surface area contributed by atoms with Crippen molar-refractivity contribution in [1.82, 2.24) is 4.98 Å². The predicted octanol–water partition coefficient (Wildman–Crippen LogP) is 4.94. The zero-order valence-electron chi connectivity index (χ0n) is 11.7. The van der Waals surface area contributed by atoms with E-state index >= 15 is 0 Å². The van der Waals surface area contributed by atoms with Gasteiger partial charge in [-0.25, -0.2) is 4.98 Å². The summed E-state index contributed by atoms with van der Waals surface area (Å²) in [5.74, 6) is 0.268. The van der Waals surface area contributed by atoms with Crippen LogP contribution in [0.2, 0.25) is 0 Å². The summed E-state index contributed by atoms with van der Waals surface area (Å²) >= 11 is 3.61. The van der Waals surface area contributed by atoms with Gasteiger partial charge in [0.25, 0.3) is 0 Å². The number of hydrogen-bond donors (Lipinski definition) is 1. The van der Waals surface area contributed by atoms with E-state index in [0.29, 0.717) is 10.5 Å². The van der Waals surface area contributed by atoms with Gasteiger partial charge in [0.1, 0.15) is 10.8 Å². The molecule has 0 aliphatic heterocycles. The van der Waals surface area contributed by atoms with Gasteiger partial charge in [-0.2, -0.15) is 0 Å². The van der Waals surface area contributed by atoms with Crippen molar-refractivity contribution in [3.63, 3.8) is 0 Å². The van der Waals surface area contributed by atoms with Crippen molar-refractivity contribution in [3.8, 4) is 5.75 Å². The molecule has 19 heavy (non-hydrogen) atoms. The highest BCUT2D eigenvalue weighted by Crippen LogP contribution is 2.36. The lowest BCUT2D eigenvalue weighted by molar-refractivity contribution is 0.476. The number of aromatic nitrogens is 1. The molecular weight excluding hydrogens is 274 g/mol. The highest BCUT2D eigenvalue weighted by atomic mass is 32.2. The third kappa shape index (κ3) is 3.80. The molecule has 1 aromatic heterocycles. The molecule has 0 saturated carbocycles. The first kappa shape index (κ1) is 14.5. The van der Waals surface area contributed by atoms with Gasteiger partial charge in [-0.15, -0.1) is 23.5 Å². The largest absolute Gasteiger partial charge is 0.508 e. The van der Waals surface area contributed by atoms with E-state index in [0.717, 1.165) is 15.9 Å². The number of pyridine rings is 1. The first-order valence-corrected chi connectivity index (χ1v) is 8.18. The number of phenols is 1. The van der Waals surface area contributed by atoms with Crippen molar-refractivity contribution in [2.75, 3.05) is 0 Å². The number of aromatic hydroxyl groups is 1. The lowest BCUT2D eigenvalue weighted by atomic mass is 10.2. The summed E-state index contributed by atoms with van der Waals surface area (Å²) in [7, 11) is 0. The van der Waals surface area contributed by atoms with Crippen molar-refractivity contribution in [2.45, 2.75) is 48.1 Å². The minimum atomic E-state index is 0.268. The minimum Gasteiger partial charge on any atom is -0.508 e. The summed E-state index contributed by atoms with van der Waals surface area (Å²) < 4.78 is 0. The van der Waals surface area contributed by atoms with E-state index in [9.17, 15) is 5.11 Å². The third-order valence-corrected chi connectivity index (χ3v) is 4.62. The number of benzene rings is 1. The molecule has 0 amide bonds. The van der Waals surface area contributed by atoms with Crippen molar-refractivity contribution in [2.24, 2.45) is 0 Å². The molecule has 1 aromatic carbocycles. The maximum atomic E-state index is 9.57. The molecular formula is C15H19NOS2.